The lowest BCUT2D eigenvalue weighted by Crippen LogP contribution is -2.10. The van der Waals surface area contributed by atoms with E-state index in [0.29, 0.717) is 5.57 Å². The van der Waals surface area contributed by atoms with E-state index < -0.39 is 5.91 Å². The summed E-state index contributed by atoms with van der Waals surface area (Å²) in [6.07, 6.45) is 0. The predicted molar refractivity (Wildman–Crippen MR) is 30.0 cm³/mol. The fraction of sp³-hybridized carbons (Fsp3) is 0.250. The Morgan fingerprint density at radius 2 is 1.86 bits per heavy atom. The quantitative estimate of drug-likeness (QED) is 0.463. The van der Waals surface area contributed by atoms with Gasteiger partial charge in [-0.05, 0) is 6.92 Å². The number of carbonyl (C=O) groups excluding carboxylic acids is 1. The molecule has 0 aromatic carbocycles. The summed E-state index contributed by atoms with van der Waals surface area (Å²) in [6.45, 7) is 4.85. The molecule has 0 unspecified atom stereocenters. The van der Waals surface area contributed by atoms with Gasteiger partial charge in [0, 0.05) is 5.57 Å². The van der Waals surface area contributed by atoms with Crippen molar-refractivity contribution in [2.75, 3.05) is 0 Å². The molecule has 0 rings (SSSR count). The van der Waals surface area contributed by atoms with Crippen molar-refractivity contribution in [1.29, 1.82) is 0 Å². The number of carbonyl (C=O) groups is 1. The van der Waals surface area contributed by atoms with Crippen molar-refractivity contribution in [3.05, 3.63) is 12.2 Å². The van der Waals surface area contributed by atoms with Gasteiger partial charge in [0.2, 0.25) is 5.91 Å². The first-order chi connectivity index (χ1) is 2.64. The maximum Gasteiger partial charge on any atom is 0.243 e. The third-order valence-electron chi connectivity index (χ3n) is 0.421. The Morgan fingerprint density at radius 3 is 1.86 bits per heavy atom. The first kappa shape index (κ1) is 9.48. The summed E-state index contributed by atoms with van der Waals surface area (Å²) in [5, 5.41) is 0. The molecule has 0 fully saturated rings. The lowest BCUT2D eigenvalue weighted by molar-refractivity contribution is -0.114. The van der Waals surface area contributed by atoms with E-state index in [-0.39, 0.29) is 6.15 Å². The van der Waals surface area contributed by atoms with Crippen LogP contribution in [0.3, 0.4) is 0 Å². The number of nitrogens with two attached hydrogens (primary N) is 1. The van der Waals surface area contributed by atoms with Crippen molar-refractivity contribution in [3.63, 3.8) is 0 Å². The molecule has 0 saturated heterocycles. The van der Waals surface area contributed by atoms with E-state index >= 15 is 0 Å². The highest BCUT2D eigenvalue weighted by Crippen LogP contribution is 1.78. The fourth-order valence-electron chi connectivity index (χ4n) is 0. The van der Waals surface area contributed by atoms with E-state index in [0.717, 1.165) is 0 Å². The Labute approximate surface area is 42.8 Å². The summed E-state index contributed by atoms with van der Waals surface area (Å²) in [5.74, 6) is -0.435. The molecule has 0 aliphatic carbocycles. The average molecular weight is 103 g/mol. The van der Waals surface area contributed by atoms with E-state index in [1.54, 1.807) is 6.92 Å². The molecule has 1 amide bonds. The third kappa shape index (κ3) is 5.17. The number of primary amides is 1. The van der Waals surface area contributed by atoms with Gasteiger partial charge in [-0.2, -0.15) is 0 Å². The van der Waals surface area contributed by atoms with Crippen molar-refractivity contribution in [3.8, 4) is 0 Å². The predicted octanol–water partition coefficient (Wildman–Crippen LogP) is 0.424. The van der Waals surface area contributed by atoms with Gasteiger partial charge in [-0.3, -0.25) is 4.79 Å². The molecule has 6 N–H and O–H groups in total. The Hall–Kier alpha value is -0.830. The van der Waals surface area contributed by atoms with E-state index in [9.17, 15) is 4.79 Å². The maximum absolute atomic E-state index is 9.82. The summed E-state index contributed by atoms with van der Waals surface area (Å²) >= 11 is 0. The Balaban J connectivity index is 0. The number of hydrogen-bond acceptors (Lipinski definition) is 1. The van der Waals surface area contributed by atoms with Crippen molar-refractivity contribution in [2.45, 2.75) is 6.92 Å². The highest BCUT2D eigenvalue weighted by molar-refractivity contribution is 5.90. The molecule has 0 spiro atoms. The van der Waals surface area contributed by atoms with E-state index in [1.807, 2.05) is 0 Å². The Kier molecular flexibility index (Phi) is 4.56. The van der Waals surface area contributed by atoms with Crippen LogP contribution in [0.2, 0.25) is 0 Å². The molecular weight excluding hydrogens is 92.1 g/mol. The monoisotopic (exact) mass is 103 g/mol. The van der Waals surface area contributed by atoms with Gasteiger partial charge < -0.3 is 11.9 Å². The van der Waals surface area contributed by atoms with Crippen LogP contribution in [-0.4, -0.2) is 5.91 Å². The minimum Gasteiger partial charge on any atom is -0.369 e. The molecular formula is C4H11N2O+. The second kappa shape index (κ2) is 3.36. The highest BCUT2D eigenvalue weighted by Gasteiger charge is 1.86. The molecule has 0 bridgehead atoms. The van der Waals surface area contributed by atoms with Gasteiger partial charge in [0.15, 0.2) is 0 Å². The first-order valence-corrected chi connectivity index (χ1v) is 1.60. The van der Waals surface area contributed by atoms with Crippen molar-refractivity contribution < 1.29 is 4.79 Å². The summed E-state index contributed by atoms with van der Waals surface area (Å²) in [6, 6.07) is 0. The summed E-state index contributed by atoms with van der Waals surface area (Å²) < 4.78 is 0. The maximum atomic E-state index is 9.82. The average Bonchev–Trinajstić information content (AvgIpc) is 1.36. The molecule has 0 atom stereocenters. The summed E-state index contributed by atoms with van der Waals surface area (Å²) in [7, 11) is 0. The van der Waals surface area contributed by atoms with Crippen LogP contribution in [0.1, 0.15) is 6.92 Å². The van der Waals surface area contributed by atoms with Gasteiger partial charge in [0.05, 0.1) is 0 Å². The topological polar surface area (TPSA) is 79.6 Å². The highest BCUT2D eigenvalue weighted by atomic mass is 16.1. The summed E-state index contributed by atoms with van der Waals surface area (Å²) in [5.41, 5.74) is 5.09. The molecule has 0 aliphatic rings. The molecule has 0 heterocycles. The second-order valence-corrected chi connectivity index (χ2v) is 1.14. The molecule has 0 aromatic heterocycles. The zero-order valence-corrected chi connectivity index (χ0v) is 4.69. The number of hydrogen-bond donors (Lipinski definition) is 2. The van der Waals surface area contributed by atoms with Gasteiger partial charge in [-0.1, -0.05) is 6.58 Å². The zero-order chi connectivity index (χ0) is 5.15. The van der Waals surface area contributed by atoms with Crippen LogP contribution in [0.25, 0.3) is 0 Å². The van der Waals surface area contributed by atoms with E-state index in [2.05, 4.69) is 6.58 Å². The van der Waals surface area contributed by atoms with Crippen molar-refractivity contribution in [1.82, 2.24) is 6.15 Å². The van der Waals surface area contributed by atoms with E-state index in [1.165, 1.54) is 0 Å². The first-order valence-electron chi connectivity index (χ1n) is 1.60. The van der Waals surface area contributed by atoms with Crippen molar-refractivity contribution in [2.24, 2.45) is 5.73 Å². The van der Waals surface area contributed by atoms with Crippen LogP contribution in [0.4, 0.5) is 0 Å². The Morgan fingerprint density at radius 1 is 1.71 bits per heavy atom. The Bertz CT molecular complexity index is 75.7. The van der Waals surface area contributed by atoms with Gasteiger partial charge in [0.25, 0.3) is 0 Å². The van der Waals surface area contributed by atoms with Gasteiger partial charge >= 0.3 is 0 Å². The minimum atomic E-state index is -0.435. The lowest BCUT2D eigenvalue weighted by atomic mass is 10.3. The van der Waals surface area contributed by atoms with E-state index in [4.69, 9.17) is 5.73 Å². The smallest absolute Gasteiger partial charge is 0.243 e. The van der Waals surface area contributed by atoms with Gasteiger partial charge in [0.1, 0.15) is 0 Å². The lowest BCUT2D eigenvalue weighted by Gasteiger charge is -1.81. The minimum absolute atomic E-state index is 0. The molecule has 0 radical (unpaired) electrons. The van der Waals surface area contributed by atoms with Gasteiger partial charge in [-0.25, -0.2) is 0 Å². The molecule has 7 heavy (non-hydrogen) atoms. The van der Waals surface area contributed by atoms with Crippen LogP contribution in [0.15, 0.2) is 12.2 Å². The molecule has 0 aromatic rings. The second-order valence-electron chi connectivity index (χ2n) is 1.14. The normalized spacial score (nSPS) is 6.43. The SMILES string of the molecule is C=C(C)C(N)=O.[NH4+]. The fourth-order valence-corrected chi connectivity index (χ4v) is 0. The zero-order valence-electron chi connectivity index (χ0n) is 4.69. The largest absolute Gasteiger partial charge is 0.369 e. The standard InChI is InChI=1S/C4H7NO.H3N/c1-3(2)4(5)6;/h1H2,2H3,(H2,5,6);1H3/p+1. The molecule has 3 nitrogen and oxygen atoms in total. The molecule has 0 saturated carbocycles. The number of amides is 1. The van der Waals surface area contributed by atoms with Crippen LogP contribution in [-0.2, 0) is 4.79 Å². The van der Waals surface area contributed by atoms with Crippen molar-refractivity contribution >= 4 is 5.91 Å². The molecule has 3 heteroatoms. The third-order valence-corrected chi connectivity index (χ3v) is 0.421. The number of rotatable bonds is 1. The number of quaternary nitrogens is 1. The van der Waals surface area contributed by atoms with Gasteiger partial charge in [-0.15, -0.1) is 0 Å². The van der Waals surface area contributed by atoms with Crippen LogP contribution in [0.5, 0.6) is 0 Å². The van der Waals surface area contributed by atoms with Crippen LogP contribution < -0.4 is 11.9 Å². The van der Waals surface area contributed by atoms with Crippen LogP contribution in [0, 0.1) is 0 Å². The summed E-state index contributed by atoms with van der Waals surface area (Å²) in [4.78, 5) is 9.82. The van der Waals surface area contributed by atoms with Crippen LogP contribution >= 0.6 is 0 Å². The molecule has 0 aliphatic heterocycles. The molecule has 42 valence electrons.